The zero-order valence-corrected chi connectivity index (χ0v) is 27.9. The molecule has 1 aliphatic rings. The molecule has 0 saturated heterocycles. The Morgan fingerprint density at radius 2 is 1.63 bits per heavy atom. The van der Waals surface area contributed by atoms with Gasteiger partial charge in [0.15, 0.2) is 5.69 Å². The molecule has 4 aromatic rings. The number of amides is 3. The van der Waals surface area contributed by atoms with Gasteiger partial charge in [0.05, 0.1) is 7.11 Å². The number of ether oxygens (including phenoxy) is 3. The van der Waals surface area contributed by atoms with Crippen molar-refractivity contribution in [3.05, 3.63) is 101 Å². The van der Waals surface area contributed by atoms with Gasteiger partial charge >= 0.3 is 12.1 Å². The number of carbonyl (C=O) groups is 4. The Labute approximate surface area is 283 Å². The first-order chi connectivity index (χ1) is 23.4. The molecule has 2 heterocycles. The minimum absolute atomic E-state index is 0.00976. The summed E-state index contributed by atoms with van der Waals surface area (Å²) in [7, 11) is 1.20. The van der Waals surface area contributed by atoms with Gasteiger partial charge in [-0.2, -0.15) is 0 Å². The van der Waals surface area contributed by atoms with E-state index < -0.39 is 35.3 Å². The van der Waals surface area contributed by atoms with Crippen molar-refractivity contribution in [3.63, 3.8) is 0 Å². The number of pyridine rings is 1. The van der Waals surface area contributed by atoms with Crippen molar-refractivity contribution in [2.75, 3.05) is 19.0 Å². The van der Waals surface area contributed by atoms with E-state index >= 15 is 0 Å². The molecule has 1 aliphatic heterocycles. The molecule has 0 spiro atoms. The number of anilines is 1. The largest absolute Gasteiger partial charge is 0.488 e. The molecule has 3 aromatic carbocycles. The lowest BCUT2D eigenvalue weighted by molar-refractivity contribution is 0.0522. The number of nitrogens with one attached hydrogen (secondary N) is 3. The summed E-state index contributed by atoms with van der Waals surface area (Å²) in [6.45, 7) is 8.00. The Morgan fingerprint density at radius 1 is 0.878 bits per heavy atom. The highest BCUT2D eigenvalue weighted by Gasteiger charge is 2.27. The lowest BCUT2D eigenvalue weighted by Crippen LogP contribution is -2.32. The van der Waals surface area contributed by atoms with Gasteiger partial charge in [-0.05, 0) is 104 Å². The molecule has 0 radical (unpaired) electrons. The number of esters is 1. The summed E-state index contributed by atoms with van der Waals surface area (Å²) in [6.07, 6.45) is 0.161. The van der Waals surface area contributed by atoms with Crippen LogP contribution >= 0.6 is 0 Å². The summed E-state index contributed by atoms with van der Waals surface area (Å²) in [6, 6.07) is 17.4. The molecule has 12 heteroatoms. The minimum atomic E-state index is -0.802. The van der Waals surface area contributed by atoms with Crippen LogP contribution in [0.3, 0.4) is 0 Å². The summed E-state index contributed by atoms with van der Waals surface area (Å²) in [5.74, 6) is -1.80. The van der Waals surface area contributed by atoms with Crippen LogP contribution in [0.25, 0.3) is 22.3 Å². The molecule has 3 amide bonds. The van der Waals surface area contributed by atoms with Gasteiger partial charge in [-0.15, -0.1) is 0 Å². The number of hydrogen-bond acceptors (Lipinski definition) is 8. The number of fused-ring (bicyclic) bond motifs is 3. The molecule has 0 saturated carbocycles. The molecule has 0 atom stereocenters. The fraction of sp³-hybridized carbons (Fsp3) is 0.270. The summed E-state index contributed by atoms with van der Waals surface area (Å²) < 4.78 is 30.6. The monoisotopic (exact) mass is 668 g/mol. The van der Waals surface area contributed by atoms with Crippen molar-refractivity contribution >= 4 is 29.6 Å². The van der Waals surface area contributed by atoms with Crippen LogP contribution in [-0.2, 0) is 22.6 Å². The molecule has 0 unspecified atom stereocenters. The average molecular weight is 669 g/mol. The molecule has 1 aromatic heterocycles. The first-order valence-electron chi connectivity index (χ1n) is 15.7. The topological polar surface area (TPSA) is 145 Å². The Kier molecular flexibility index (Phi) is 10.3. The zero-order chi connectivity index (χ0) is 35.3. The van der Waals surface area contributed by atoms with Crippen LogP contribution in [0.2, 0.25) is 0 Å². The van der Waals surface area contributed by atoms with Crippen molar-refractivity contribution in [1.82, 2.24) is 15.6 Å². The predicted molar refractivity (Wildman–Crippen MR) is 181 cm³/mol. The molecule has 11 nitrogen and oxygen atoms in total. The maximum Gasteiger partial charge on any atom is 0.407 e. The number of halogens is 1. The van der Waals surface area contributed by atoms with Gasteiger partial charge in [-0.1, -0.05) is 19.1 Å². The zero-order valence-electron chi connectivity index (χ0n) is 27.9. The second-order valence-corrected chi connectivity index (χ2v) is 12.3. The van der Waals surface area contributed by atoms with Crippen LogP contribution in [0.5, 0.6) is 5.75 Å². The number of benzene rings is 3. The number of aromatic nitrogens is 1. The van der Waals surface area contributed by atoms with Crippen LogP contribution in [0, 0.1) is 5.82 Å². The number of carbonyl (C=O) groups excluding carboxylic acids is 4. The van der Waals surface area contributed by atoms with E-state index in [2.05, 4.69) is 20.9 Å². The van der Waals surface area contributed by atoms with E-state index in [4.69, 9.17) is 14.2 Å². The van der Waals surface area contributed by atoms with Crippen LogP contribution in [-0.4, -0.2) is 48.1 Å². The Morgan fingerprint density at radius 3 is 2.33 bits per heavy atom. The first kappa shape index (κ1) is 34.6. The van der Waals surface area contributed by atoms with E-state index in [1.807, 2.05) is 6.92 Å². The molecule has 0 bridgehead atoms. The number of rotatable bonds is 9. The second kappa shape index (κ2) is 14.5. The highest BCUT2D eigenvalue weighted by atomic mass is 19.1. The lowest BCUT2D eigenvalue weighted by atomic mass is 9.88. The van der Waals surface area contributed by atoms with E-state index in [9.17, 15) is 23.6 Å². The van der Waals surface area contributed by atoms with E-state index in [1.165, 1.54) is 31.4 Å². The van der Waals surface area contributed by atoms with Crippen molar-refractivity contribution in [3.8, 4) is 28.0 Å². The SMILES string of the molecule is CCCNC(=O)c1ccc(-c2cc3c(cc2C(=O)Nc2ccc(CNC(=O)OC(C)(C)C)cc2)-c2cc(F)ccc2OC3)c(C(=O)OC)n1. The van der Waals surface area contributed by atoms with Gasteiger partial charge < -0.3 is 30.2 Å². The summed E-state index contributed by atoms with van der Waals surface area (Å²) in [5.41, 5.74) is 2.88. The third kappa shape index (κ3) is 8.21. The standard InChI is InChI=1S/C37H37FN4O7/c1-6-15-39-34(44)30-13-12-25(32(42-30)35(45)47-5)27-16-22-20-48-31-14-9-23(38)17-28(31)26(22)18-29(27)33(43)41-24-10-7-21(8-11-24)19-40-36(46)49-37(2,3)4/h7-14,16-18H,6,15,19-20H2,1-5H3,(H,39,44)(H,40,46)(H,41,43). The predicted octanol–water partition coefficient (Wildman–Crippen LogP) is 6.65. The normalized spacial score (nSPS) is 11.7. The number of hydrogen-bond donors (Lipinski definition) is 3. The highest BCUT2D eigenvalue weighted by Crippen LogP contribution is 2.41. The van der Waals surface area contributed by atoms with Crippen molar-refractivity contribution in [1.29, 1.82) is 0 Å². The smallest absolute Gasteiger partial charge is 0.407 e. The molecular formula is C37H37FN4O7. The fourth-order valence-electron chi connectivity index (χ4n) is 5.20. The van der Waals surface area contributed by atoms with E-state index in [-0.39, 0.29) is 35.7 Å². The molecule has 254 valence electrons. The van der Waals surface area contributed by atoms with Crippen LogP contribution in [0.15, 0.2) is 66.7 Å². The molecule has 0 fully saturated rings. The molecule has 49 heavy (non-hydrogen) atoms. The second-order valence-electron chi connectivity index (χ2n) is 12.3. The number of nitrogens with zero attached hydrogens (tertiary/aromatic N) is 1. The van der Waals surface area contributed by atoms with E-state index in [1.54, 1.807) is 63.2 Å². The maximum absolute atomic E-state index is 14.4. The van der Waals surface area contributed by atoms with Crippen LogP contribution in [0.4, 0.5) is 14.9 Å². The van der Waals surface area contributed by atoms with Gasteiger partial charge in [0, 0.05) is 35.5 Å². The van der Waals surface area contributed by atoms with Gasteiger partial charge in [-0.3, -0.25) is 9.59 Å². The first-order valence-corrected chi connectivity index (χ1v) is 15.7. The Balaban J connectivity index is 1.53. The number of alkyl carbamates (subject to hydrolysis) is 1. The molecular weight excluding hydrogens is 631 g/mol. The quantitative estimate of drug-likeness (QED) is 0.168. The Bertz CT molecular complexity index is 1920. The van der Waals surface area contributed by atoms with E-state index in [0.717, 1.165) is 5.56 Å². The fourth-order valence-corrected chi connectivity index (χ4v) is 5.20. The summed E-state index contributed by atoms with van der Waals surface area (Å²) in [5, 5.41) is 8.32. The summed E-state index contributed by atoms with van der Waals surface area (Å²) >= 11 is 0. The summed E-state index contributed by atoms with van der Waals surface area (Å²) in [4.78, 5) is 56.2. The third-order valence-corrected chi connectivity index (χ3v) is 7.48. The van der Waals surface area contributed by atoms with Crippen LogP contribution < -0.4 is 20.7 Å². The molecule has 5 rings (SSSR count). The highest BCUT2D eigenvalue weighted by molar-refractivity contribution is 6.11. The Hall–Kier alpha value is -5.78. The van der Waals surface area contributed by atoms with Gasteiger partial charge in [-0.25, -0.2) is 19.0 Å². The van der Waals surface area contributed by atoms with Crippen molar-refractivity contribution in [2.45, 2.75) is 52.9 Å². The number of methoxy groups -OCH3 is 1. The van der Waals surface area contributed by atoms with E-state index in [0.29, 0.717) is 46.7 Å². The maximum atomic E-state index is 14.4. The lowest BCUT2D eigenvalue weighted by Gasteiger charge is -2.24. The van der Waals surface area contributed by atoms with Gasteiger partial charge in [0.2, 0.25) is 0 Å². The average Bonchev–Trinajstić information content (AvgIpc) is 3.08. The van der Waals surface area contributed by atoms with Crippen molar-refractivity contribution in [2.24, 2.45) is 0 Å². The third-order valence-electron chi connectivity index (χ3n) is 7.48. The van der Waals surface area contributed by atoms with Crippen LogP contribution in [0.1, 0.15) is 76.6 Å². The van der Waals surface area contributed by atoms with Gasteiger partial charge in [0.25, 0.3) is 11.8 Å². The van der Waals surface area contributed by atoms with Gasteiger partial charge in [0.1, 0.15) is 29.5 Å². The molecule has 0 aliphatic carbocycles. The minimum Gasteiger partial charge on any atom is -0.488 e. The molecule has 3 N–H and O–H groups in total. The van der Waals surface area contributed by atoms with Crippen molar-refractivity contribution < 1.29 is 37.8 Å².